The van der Waals surface area contributed by atoms with E-state index in [2.05, 4.69) is 26.1 Å². The number of ether oxygens (including phenoxy) is 3. The van der Waals surface area contributed by atoms with Crippen molar-refractivity contribution in [1.82, 2.24) is 5.32 Å². The number of carbonyl (C=O) groups excluding carboxylic acids is 1. The van der Waals surface area contributed by atoms with Crippen molar-refractivity contribution in [2.24, 2.45) is 11.8 Å². The maximum Gasteiger partial charge on any atom is 0.407 e. The molecule has 0 saturated carbocycles. The van der Waals surface area contributed by atoms with Crippen LogP contribution in [-0.4, -0.2) is 44.2 Å². The Kier molecular flexibility index (Phi) is 8.92. The topological polar surface area (TPSA) is 56.8 Å². The van der Waals surface area contributed by atoms with Crippen LogP contribution in [0.4, 0.5) is 4.79 Å². The van der Waals surface area contributed by atoms with E-state index < -0.39 is 5.60 Å². The smallest absolute Gasteiger partial charge is 0.407 e. The summed E-state index contributed by atoms with van der Waals surface area (Å²) in [7, 11) is 0. The van der Waals surface area contributed by atoms with Gasteiger partial charge in [0, 0.05) is 26.4 Å². The van der Waals surface area contributed by atoms with E-state index in [-0.39, 0.29) is 6.09 Å². The lowest BCUT2D eigenvalue weighted by Gasteiger charge is -2.28. The molecule has 1 atom stereocenters. The summed E-state index contributed by atoms with van der Waals surface area (Å²) in [5, 5.41) is 2.80. The van der Waals surface area contributed by atoms with Gasteiger partial charge in [-0.2, -0.15) is 0 Å². The van der Waals surface area contributed by atoms with E-state index in [1.165, 1.54) is 0 Å². The van der Waals surface area contributed by atoms with Crippen LogP contribution in [0.25, 0.3) is 0 Å². The van der Waals surface area contributed by atoms with Crippen molar-refractivity contribution in [2.75, 3.05) is 26.4 Å². The average molecular weight is 329 g/mol. The normalized spacial score (nSPS) is 18.0. The van der Waals surface area contributed by atoms with E-state index in [0.29, 0.717) is 24.5 Å². The van der Waals surface area contributed by atoms with Crippen LogP contribution < -0.4 is 5.32 Å². The lowest BCUT2D eigenvalue weighted by atomic mass is 9.96. The van der Waals surface area contributed by atoms with Crippen molar-refractivity contribution < 1.29 is 19.0 Å². The molecule has 1 fully saturated rings. The van der Waals surface area contributed by atoms with Crippen molar-refractivity contribution in [3.05, 3.63) is 0 Å². The Bertz CT molecular complexity index is 338. The second kappa shape index (κ2) is 10.1. The molecular weight excluding hydrogens is 294 g/mol. The van der Waals surface area contributed by atoms with Gasteiger partial charge in [-0.25, -0.2) is 4.79 Å². The van der Waals surface area contributed by atoms with Crippen LogP contribution in [0.3, 0.4) is 0 Å². The lowest BCUT2D eigenvalue weighted by Crippen LogP contribution is -2.36. The molecule has 1 saturated heterocycles. The Morgan fingerprint density at radius 1 is 1.26 bits per heavy atom. The Labute approximate surface area is 141 Å². The molecule has 1 N–H and O–H groups in total. The fraction of sp³-hybridized carbons (Fsp3) is 0.944. The highest BCUT2D eigenvalue weighted by Crippen LogP contribution is 2.21. The SMILES string of the molecule is CC(C)CNC(=O)OC(C)(C)CCC(C)COC1CCOCC1. The molecule has 0 radical (unpaired) electrons. The third-order valence-corrected chi connectivity index (χ3v) is 4.05. The molecule has 0 aromatic rings. The Hall–Kier alpha value is -0.810. The van der Waals surface area contributed by atoms with Gasteiger partial charge in [0.05, 0.1) is 6.10 Å². The molecule has 1 aliphatic rings. The molecule has 1 heterocycles. The quantitative estimate of drug-likeness (QED) is 0.700. The van der Waals surface area contributed by atoms with Crippen LogP contribution in [-0.2, 0) is 14.2 Å². The van der Waals surface area contributed by atoms with Gasteiger partial charge in [0.1, 0.15) is 5.60 Å². The van der Waals surface area contributed by atoms with Crippen LogP contribution in [0.15, 0.2) is 0 Å². The van der Waals surface area contributed by atoms with Crippen LogP contribution in [0.5, 0.6) is 0 Å². The molecule has 0 aliphatic carbocycles. The number of amides is 1. The third-order valence-electron chi connectivity index (χ3n) is 4.05. The van der Waals surface area contributed by atoms with E-state index in [4.69, 9.17) is 14.2 Å². The van der Waals surface area contributed by atoms with Gasteiger partial charge in [-0.05, 0) is 51.4 Å². The molecule has 136 valence electrons. The minimum atomic E-state index is -0.450. The predicted molar refractivity (Wildman–Crippen MR) is 91.6 cm³/mol. The van der Waals surface area contributed by atoms with E-state index in [1.54, 1.807) is 0 Å². The summed E-state index contributed by atoms with van der Waals surface area (Å²) < 4.78 is 16.8. The average Bonchev–Trinajstić information content (AvgIpc) is 2.49. The zero-order valence-corrected chi connectivity index (χ0v) is 15.5. The molecule has 1 rings (SSSR count). The minimum absolute atomic E-state index is 0.324. The first-order chi connectivity index (χ1) is 10.8. The first-order valence-electron chi connectivity index (χ1n) is 8.94. The second-order valence-electron chi connectivity index (χ2n) is 7.71. The molecule has 0 aromatic carbocycles. The number of hydrogen-bond donors (Lipinski definition) is 1. The Balaban J connectivity index is 2.18. The highest BCUT2D eigenvalue weighted by atomic mass is 16.6. The van der Waals surface area contributed by atoms with Crippen LogP contribution in [0, 0.1) is 11.8 Å². The zero-order valence-electron chi connectivity index (χ0n) is 15.5. The summed E-state index contributed by atoms with van der Waals surface area (Å²) in [5.41, 5.74) is -0.450. The van der Waals surface area contributed by atoms with Gasteiger partial charge in [-0.3, -0.25) is 0 Å². The second-order valence-corrected chi connectivity index (χ2v) is 7.71. The molecule has 0 aromatic heterocycles. The summed E-state index contributed by atoms with van der Waals surface area (Å²) in [4.78, 5) is 11.8. The van der Waals surface area contributed by atoms with E-state index in [9.17, 15) is 4.79 Å². The summed E-state index contributed by atoms with van der Waals surface area (Å²) >= 11 is 0. The Morgan fingerprint density at radius 3 is 2.52 bits per heavy atom. The minimum Gasteiger partial charge on any atom is -0.444 e. The van der Waals surface area contributed by atoms with E-state index in [0.717, 1.165) is 45.5 Å². The number of alkyl carbamates (subject to hydrolysis) is 1. The predicted octanol–water partition coefficient (Wildman–Crippen LogP) is 3.76. The van der Waals surface area contributed by atoms with Crippen LogP contribution in [0.2, 0.25) is 0 Å². The number of nitrogens with one attached hydrogen (secondary N) is 1. The third kappa shape index (κ3) is 9.82. The first kappa shape index (κ1) is 20.2. The zero-order chi connectivity index (χ0) is 17.3. The molecule has 23 heavy (non-hydrogen) atoms. The summed E-state index contributed by atoms with van der Waals surface area (Å²) in [6.07, 6.45) is 3.83. The number of rotatable bonds is 9. The van der Waals surface area contributed by atoms with Gasteiger partial charge in [-0.1, -0.05) is 20.8 Å². The van der Waals surface area contributed by atoms with Crippen molar-refractivity contribution in [3.63, 3.8) is 0 Å². The van der Waals surface area contributed by atoms with Crippen LogP contribution >= 0.6 is 0 Å². The molecular formula is C18H35NO4. The molecule has 0 bridgehead atoms. The van der Waals surface area contributed by atoms with Gasteiger partial charge in [-0.15, -0.1) is 0 Å². The Morgan fingerprint density at radius 2 is 1.91 bits per heavy atom. The molecule has 1 unspecified atom stereocenters. The first-order valence-corrected chi connectivity index (χ1v) is 8.94. The number of carbonyl (C=O) groups is 1. The maximum absolute atomic E-state index is 11.8. The fourth-order valence-electron chi connectivity index (χ4n) is 2.45. The van der Waals surface area contributed by atoms with Crippen LogP contribution in [0.1, 0.15) is 60.3 Å². The summed E-state index contributed by atoms with van der Waals surface area (Å²) in [5.74, 6) is 0.882. The molecule has 0 spiro atoms. The standard InChI is InChI=1S/C18H35NO4/c1-14(2)12-19-17(20)23-18(4,5)9-6-15(3)13-22-16-7-10-21-11-8-16/h14-16H,6-13H2,1-5H3,(H,19,20). The summed E-state index contributed by atoms with van der Waals surface area (Å²) in [6.45, 7) is 13.3. The number of hydrogen-bond acceptors (Lipinski definition) is 4. The van der Waals surface area contributed by atoms with E-state index >= 15 is 0 Å². The summed E-state index contributed by atoms with van der Waals surface area (Å²) in [6, 6.07) is 0. The van der Waals surface area contributed by atoms with Gasteiger partial charge in [0.25, 0.3) is 0 Å². The highest BCUT2D eigenvalue weighted by molar-refractivity contribution is 5.67. The monoisotopic (exact) mass is 329 g/mol. The molecule has 5 heteroatoms. The fourth-order valence-corrected chi connectivity index (χ4v) is 2.45. The molecule has 1 amide bonds. The van der Waals surface area contributed by atoms with E-state index in [1.807, 2.05) is 13.8 Å². The van der Waals surface area contributed by atoms with Crippen molar-refractivity contribution in [3.8, 4) is 0 Å². The molecule has 5 nitrogen and oxygen atoms in total. The highest BCUT2D eigenvalue weighted by Gasteiger charge is 2.24. The molecule has 1 aliphatic heterocycles. The van der Waals surface area contributed by atoms with Gasteiger partial charge < -0.3 is 19.5 Å². The van der Waals surface area contributed by atoms with Crippen molar-refractivity contribution in [2.45, 2.75) is 72.0 Å². The van der Waals surface area contributed by atoms with Gasteiger partial charge in [0.15, 0.2) is 0 Å². The maximum atomic E-state index is 11.8. The lowest BCUT2D eigenvalue weighted by molar-refractivity contribution is -0.0442. The largest absolute Gasteiger partial charge is 0.444 e. The van der Waals surface area contributed by atoms with Gasteiger partial charge >= 0.3 is 6.09 Å². The van der Waals surface area contributed by atoms with Crippen molar-refractivity contribution >= 4 is 6.09 Å². The van der Waals surface area contributed by atoms with Gasteiger partial charge in [0.2, 0.25) is 0 Å². The van der Waals surface area contributed by atoms with Crippen molar-refractivity contribution in [1.29, 1.82) is 0 Å².